The van der Waals surface area contributed by atoms with Gasteiger partial charge in [0.2, 0.25) is 0 Å². The van der Waals surface area contributed by atoms with Crippen molar-refractivity contribution < 1.29 is 0 Å². The van der Waals surface area contributed by atoms with Crippen molar-refractivity contribution in [3.8, 4) is 0 Å². The van der Waals surface area contributed by atoms with Gasteiger partial charge in [-0.3, -0.25) is 4.98 Å². The Morgan fingerprint density at radius 1 is 0.654 bits per heavy atom. The molecule has 134 valence electrons. The number of hydrogen-bond acceptors (Lipinski definition) is 3. The molecule has 0 aliphatic rings. The third-order valence-corrected chi connectivity index (χ3v) is 4.48. The summed E-state index contributed by atoms with van der Waals surface area (Å²) in [6.45, 7) is 5.80. The Labute approximate surface area is 156 Å². The predicted molar refractivity (Wildman–Crippen MR) is 111 cm³/mol. The zero-order valence-electron chi connectivity index (χ0n) is 15.6. The average molecular weight is 345 g/mol. The Morgan fingerprint density at radius 2 is 1.12 bits per heavy atom. The molecule has 0 aliphatic heterocycles. The summed E-state index contributed by atoms with van der Waals surface area (Å²) in [6.07, 6.45) is 2.10. The molecule has 0 atom stereocenters. The van der Waals surface area contributed by atoms with Crippen LogP contribution in [0.15, 0.2) is 66.7 Å². The second-order valence-corrected chi connectivity index (χ2v) is 6.44. The van der Waals surface area contributed by atoms with Gasteiger partial charge in [0.25, 0.3) is 0 Å². The van der Waals surface area contributed by atoms with Gasteiger partial charge in [0.15, 0.2) is 0 Å². The number of pyridine rings is 1. The molecular weight excluding hydrogens is 318 g/mol. The maximum atomic E-state index is 4.76. The Balaban J connectivity index is 1.58. The molecule has 3 nitrogen and oxygen atoms in total. The smallest absolute Gasteiger partial charge is 0.0598 e. The summed E-state index contributed by atoms with van der Waals surface area (Å²) >= 11 is 0. The normalized spacial score (nSPS) is 10.5. The van der Waals surface area contributed by atoms with Crippen molar-refractivity contribution in [3.05, 3.63) is 89.2 Å². The number of hydrogen-bond donors (Lipinski definition) is 2. The fourth-order valence-corrected chi connectivity index (χ4v) is 2.91. The molecule has 26 heavy (non-hydrogen) atoms. The predicted octanol–water partition coefficient (Wildman–Crippen LogP) is 5.43. The van der Waals surface area contributed by atoms with E-state index < -0.39 is 0 Å². The summed E-state index contributed by atoms with van der Waals surface area (Å²) in [5, 5.41) is 6.94. The van der Waals surface area contributed by atoms with Crippen LogP contribution in [0.5, 0.6) is 0 Å². The van der Waals surface area contributed by atoms with Crippen molar-refractivity contribution in [2.45, 2.75) is 39.8 Å². The molecular formula is C23H27N3. The molecule has 0 saturated heterocycles. The maximum absolute atomic E-state index is 4.76. The number of aryl methyl sites for hydroxylation is 2. The standard InChI is InChI=1S/C23H27N3/c1-3-18-8-5-10-20(14-18)24-16-22-12-7-13-23(26-22)17-25-21-11-6-9-19(4-2)15-21/h5-15,24-25H,3-4,16-17H2,1-2H3. The number of benzene rings is 2. The van der Waals surface area contributed by atoms with Gasteiger partial charge in [0.1, 0.15) is 0 Å². The lowest BCUT2D eigenvalue weighted by atomic mass is 10.1. The zero-order valence-corrected chi connectivity index (χ0v) is 15.6. The van der Waals surface area contributed by atoms with Crippen LogP contribution in [0.1, 0.15) is 36.4 Å². The van der Waals surface area contributed by atoms with Crippen molar-refractivity contribution in [3.63, 3.8) is 0 Å². The second kappa shape index (κ2) is 9.04. The molecule has 1 heterocycles. The highest BCUT2D eigenvalue weighted by molar-refractivity contribution is 5.47. The lowest BCUT2D eigenvalue weighted by molar-refractivity contribution is 0.965. The van der Waals surface area contributed by atoms with Crippen molar-refractivity contribution in [1.82, 2.24) is 4.98 Å². The van der Waals surface area contributed by atoms with Gasteiger partial charge in [-0.2, -0.15) is 0 Å². The van der Waals surface area contributed by atoms with E-state index in [1.54, 1.807) is 0 Å². The van der Waals surface area contributed by atoms with Gasteiger partial charge in [-0.1, -0.05) is 44.2 Å². The Hall–Kier alpha value is -2.81. The van der Waals surface area contributed by atoms with Crippen LogP contribution in [0, 0.1) is 0 Å². The SMILES string of the molecule is CCc1cccc(NCc2cccc(CNc3cccc(CC)c3)n2)c1. The van der Waals surface area contributed by atoms with Gasteiger partial charge in [-0.15, -0.1) is 0 Å². The largest absolute Gasteiger partial charge is 0.379 e. The fraction of sp³-hybridized carbons (Fsp3) is 0.261. The van der Waals surface area contributed by atoms with Gasteiger partial charge in [-0.25, -0.2) is 0 Å². The summed E-state index contributed by atoms with van der Waals surface area (Å²) in [7, 11) is 0. The van der Waals surface area contributed by atoms with E-state index in [2.05, 4.69) is 91.2 Å². The van der Waals surface area contributed by atoms with Crippen LogP contribution >= 0.6 is 0 Å². The van der Waals surface area contributed by atoms with E-state index in [0.717, 1.165) is 48.7 Å². The Bertz CT molecular complexity index is 775. The highest BCUT2D eigenvalue weighted by Gasteiger charge is 2.01. The number of anilines is 2. The molecule has 3 heteroatoms. The summed E-state index contributed by atoms with van der Waals surface area (Å²) in [6, 6.07) is 23.3. The van der Waals surface area contributed by atoms with Crippen molar-refractivity contribution in [2.75, 3.05) is 10.6 Å². The van der Waals surface area contributed by atoms with Crippen LogP contribution in [0.3, 0.4) is 0 Å². The minimum absolute atomic E-state index is 0.728. The number of rotatable bonds is 8. The molecule has 0 unspecified atom stereocenters. The molecule has 0 saturated carbocycles. The van der Waals surface area contributed by atoms with E-state index >= 15 is 0 Å². The molecule has 3 aromatic rings. The number of aromatic nitrogens is 1. The van der Waals surface area contributed by atoms with E-state index in [1.165, 1.54) is 11.1 Å². The van der Waals surface area contributed by atoms with Gasteiger partial charge < -0.3 is 10.6 Å². The van der Waals surface area contributed by atoms with E-state index in [0.29, 0.717) is 0 Å². The first-order valence-corrected chi connectivity index (χ1v) is 9.37. The Morgan fingerprint density at radius 3 is 1.58 bits per heavy atom. The Kier molecular flexibility index (Phi) is 6.26. The molecule has 0 bridgehead atoms. The average Bonchev–Trinajstić information content (AvgIpc) is 2.71. The quantitative estimate of drug-likeness (QED) is 0.571. The fourth-order valence-electron chi connectivity index (χ4n) is 2.91. The van der Waals surface area contributed by atoms with Crippen molar-refractivity contribution >= 4 is 11.4 Å². The van der Waals surface area contributed by atoms with Crippen LogP contribution in [-0.2, 0) is 25.9 Å². The monoisotopic (exact) mass is 345 g/mol. The van der Waals surface area contributed by atoms with Crippen LogP contribution in [0.25, 0.3) is 0 Å². The second-order valence-electron chi connectivity index (χ2n) is 6.44. The van der Waals surface area contributed by atoms with Crippen LogP contribution in [0.4, 0.5) is 11.4 Å². The van der Waals surface area contributed by atoms with Gasteiger partial charge in [0.05, 0.1) is 24.5 Å². The van der Waals surface area contributed by atoms with Crippen LogP contribution < -0.4 is 10.6 Å². The summed E-state index contributed by atoms with van der Waals surface area (Å²) in [5.74, 6) is 0. The van der Waals surface area contributed by atoms with Crippen LogP contribution in [-0.4, -0.2) is 4.98 Å². The van der Waals surface area contributed by atoms with Crippen molar-refractivity contribution in [2.24, 2.45) is 0 Å². The van der Waals surface area contributed by atoms with Crippen molar-refractivity contribution in [1.29, 1.82) is 0 Å². The first-order valence-electron chi connectivity index (χ1n) is 9.37. The van der Waals surface area contributed by atoms with E-state index in [-0.39, 0.29) is 0 Å². The third kappa shape index (κ3) is 5.09. The van der Waals surface area contributed by atoms with E-state index in [4.69, 9.17) is 4.98 Å². The summed E-state index contributed by atoms with van der Waals surface area (Å²) < 4.78 is 0. The van der Waals surface area contributed by atoms with E-state index in [9.17, 15) is 0 Å². The zero-order chi connectivity index (χ0) is 18.2. The lowest BCUT2D eigenvalue weighted by Gasteiger charge is -2.10. The first kappa shape index (κ1) is 18.0. The highest BCUT2D eigenvalue weighted by atomic mass is 14.9. The molecule has 0 amide bonds. The van der Waals surface area contributed by atoms with E-state index in [1.807, 2.05) is 0 Å². The summed E-state index contributed by atoms with van der Waals surface area (Å²) in [5.41, 5.74) is 7.07. The first-order chi connectivity index (χ1) is 12.8. The number of nitrogens with zero attached hydrogens (tertiary/aromatic N) is 1. The molecule has 2 aromatic carbocycles. The highest BCUT2D eigenvalue weighted by Crippen LogP contribution is 2.14. The maximum Gasteiger partial charge on any atom is 0.0598 e. The van der Waals surface area contributed by atoms with Crippen LogP contribution in [0.2, 0.25) is 0 Å². The minimum Gasteiger partial charge on any atom is -0.379 e. The molecule has 1 aromatic heterocycles. The number of nitrogens with one attached hydrogen (secondary N) is 2. The molecule has 0 fully saturated rings. The van der Waals surface area contributed by atoms with Gasteiger partial charge in [-0.05, 0) is 60.4 Å². The van der Waals surface area contributed by atoms with Gasteiger partial charge in [0, 0.05) is 11.4 Å². The molecule has 0 radical (unpaired) electrons. The molecule has 0 aliphatic carbocycles. The molecule has 2 N–H and O–H groups in total. The topological polar surface area (TPSA) is 37.0 Å². The lowest BCUT2D eigenvalue weighted by Crippen LogP contribution is -2.06. The van der Waals surface area contributed by atoms with Gasteiger partial charge >= 0.3 is 0 Å². The molecule has 3 rings (SSSR count). The minimum atomic E-state index is 0.728. The molecule has 0 spiro atoms. The summed E-state index contributed by atoms with van der Waals surface area (Å²) in [4.78, 5) is 4.76. The third-order valence-electron chi connectivity index (χ3n) is 4.48.